The Labute approximate surface area is 129 Å². The summed E-state index contributed by atoms with van der Waals surface area (Å²) in [6.07, 6.45) is 3.38. The number of hydrogen-bond donors (Lipinski definition) is 2. The highest BCUT2D eigenvalue weighted by molar-refractivity contribution is 5.60. The molecule has 3 aromatic rings. The minimum Gasteiger partial charge on any atom is -0.467 e. The van der Waals surface area contributed by atoms with Crippen LogP contribution in [-0.4, -0.2) is 9.97 Å². The molecule has 112 valence electrons. The summed E-state index contributed by atoms with van der Waals surface area (Å²) in [6.45, 7) is 4.71. The van der Waals surface area contributed by atoms with Gasteiger partial charge in [0.2, 0.25) is 5.95 Å². The van der Waals surface area contributed by atoms with Crippen LogP contribution in [0, 0.1) is 13.8 Å². The van der Waals surface area contributed by atoms with Crippen molar-refractivity contribution >= 4 is 17.5 Å². The molecule has 2 aromatic heterocycles. The van der Waals surface area contributed by atoms with E-state index in [0.717, 1.165) is 22.8 Å². The Hall–Kier alpha value is -2.82. The number of furan rings is 1. The van der Waals surface area contributed by atoms with Crippen LogP contribution in [0.15, 0.2) is 53.3 Å². The van der Waals surface area contributed by atoms with Crippen LogP contribution in [0.4, 0.5) is 17.5 Å². The van der Waals surface area contributed by atoms with Gasteiger partial charge >= 0.3 is 0 Å². The van der Waals surface area contributed by atoms with Gasteiger partial charge in [0.05, 0.1) is 12.8 Å². The van der Waals surface area contributed by atoms with Crippen molar-refractivity contribution in [1.29, 1.82) is 0 Å². The van der Waals surface area contributed by atoms with Gasteiger partial charge in [-0.1, -0.05) is 12.1 Å². The highest BCUT2D eigenvalue weighted by Crippen LogP contribution is 2.20. The second-order valence-corrected chi connectivity index (χ2v) is 5.14. The number of aryl methyl sites for hydroxylation is 2. The molecule has 0 aliphatic rings. The van der Waals surface area contributed by atoms with Crippen molar-refractivity contribution in [3.05, 3.63) is 65.7 Å². The fourth-order valence-corrected chi connectivity index (χ4v) is 2.10. The molecule has 5 heteroatoms. The monoisotopic (exact) mass is 294 g/mol. The summed E-state index contributed by atoms with van der Waals surface area (Å²) in [5, 5.41) is 6.48. The van der Waals surface area contributed by atoms with Crippen LogP contribution >= 0.6 is 0 Å². The van der Waals surface area contributed by atoms with Crippen LogP contribution in [0.3, 0.4) is 0 Å². The number of aromatic nitrogens is 2. The lowest BCUT2D eigenvalue weighted by Crippen LogP contribution is -2.04. The van der Waals surface area contributed by atoms with E-state index in [1.165, 1.54) is 5.56 Å². The first-order chi connectivity index (χ1) is 10.7. The third-order valence-electron chi connectivity index (χ3n) is 3.32. The Morgan fingerprint density at radius 1 is 1.14 bits per heavy atom. The van der Waals surface area contributed by atoms with Gasteiger partial charge in [-0.05, 0) is 49.2 Å². The predicted octanol–water partition coefficient (Wildman–Crippen LogP) is 4.04. The minimum atomic E-state index is 0.568. The molecule has 0 saturated heterocycles. The summed E-state index contributed by atoms with van der Waals surface area (Å²) < 4.78 is 5.29. The standard InChI is InChI=1S/C17H18N4O/c1-12-5-6-13(2)15(10-12)20-17-18-8-7-16(21-17)19-11-14-4-3-9-22-14/h3-10H,11H2,1-2H3,(H2,18,19,20,21). The Bertz CT molecular complexity index is 753. The van der Waals surface area contributed by atoms with E-state index < -0.39 is 0 Å². The Kier molecular flexibility index (Phi) is 4.05. The lowest BCUT2D eigenvalue weighted by molar-refractivity contribution is 0.518. The molecular weight excluding hydrogens is 276 g/mol. The van der Waals surface area contributed by atoms with Gasteiger partial charge in [-0.15, -0.1) is 0 Å². The lowest BCUT2D eigenvalue weighted by Gasteiger charge is -2.10. The van der Waals surface area contributed by atoms with Gasteiger partial charge in [-0.25, -0.2) is 4.98 Å². The van der Waals surface area contributed by atoms with Gasteiger partial charge in [0.25, 0.3) is 0 Å². The normalized spacial score (nSPS) is 10.5. The number of rotatable bonds is 5. The van der Waals surface area contributed by atoms with Gasteiger partial charge in [0.1, 0.15) is 11.6 Å². The minimum absolute atomic E-state index is 0.568. The maximum absolute atomic E-state index is 5.29. The fraction of sp³-hybridized carbons (Fsp3) is 0.176. The average Bonchev–Trinajstić information content (AvgIpc) is 3.03. The van der Waals surface area contributed by atoms with E-state index in [9.17, 15) is 0 Å². The molecule has 0 radical (unpaired) electrons. The van der Waals surface area contributed by atoms with Crippen molar-refractivity contribution in [2.45, 2.75) is 20.4 Å². The van der Waals surface area contributed by atoms with Crippen LogP contribution in [0.2, 0.25) is 0 Å². The summed E-state index contributed by atoms with van der Waals surface area (Å²) in [7, 11) is 0. The molecule has 0 fully saturated rings. The number of hydrogen-bond acceptors (Lipinski definition) is 5. The molecule has 1 aromatic carbocycles. The van der Waals surface area contributed by atoms with E-state index in [0.29, 0.717) is 12.5 Å². The van der Waals surface area contributed by atoms with Gasteiger partial charge in [-0.2, -0.15) is 4.98 Å². The molecular formula is C17H18N4O. The lowest BCUT2D eigenvalue weighted by atomic mass is 10.1. The number of benzene rings is 1. The summed E-state index contributed by atoms with van der Waals surface area (Å²) >= 11 is 0. The predicted molar refractivity (Wildman–Crippen MR) is 87.3 cm³/mol. The average molecular weight is 294 g/mol. The second kappa shape index (κ2) is 6.30. The molecule has 0 aliphatic heterocycles. The van der Waals surface area contributed by atoms with E-state index in [1.54, 1.807) is 12.5 Å². The van der Waals surface area contributed by atoms with Crippen molar-refractivity contribution in [3.63, 3.8) is 0 Å². The zero-order chi connectivity index (χ0) is 15.4. The summed E-state index contributed by atoms with van der Waals surface area (Å²) in [5.74, 6) is 2.18. The largest absolute Gasteiger partial charge is 0.467 e. The molecule has 22 heavy (non-hydrogen) atoms. The molecule has 0 unspecified atom stereocenters. The van der Waals surface area contributed by atoms with Crippen LogP contribution in [0.1, 0.15) is 16.9 Å². The van der Waals surface area contributed by atoms with Crippen molar-refractivity contribution < 1.29 is 4.42 Å². The Morgan fingerprint density at radius 2 is 2.05 bits per heavy atom. The van der Waals surface area contributed by atoms with E-state index in [1.807, 2.05) is 18.2 Å². The van der Waals surface area contributed by atoms with Gasteiger partial charge in [0, 0.05) is 11.9 Å². The highest BCUT2D eigenvalue weighted by Gasteiger charge is 2.03. The van der Waals surface area contributed by atoms with E-state index in [4.69, 9.17) is 4.42 Å². The van der Waals surface area contributed by atoms with E-state index >= 15 is 0 Å². The molecule has 0 amide bonds. The maximum Gasteiger partial charge on any atom is 0.229 e. The number of nitrogens with one attached hydrogen (secondary N) is 2. The third kappa shape index (κ3) is 3.44. The first-order valence-corrected chi connectivity index (χ1v) is 7.14. The van der Waals surface area contributed by atoms with Crippen molar-refractivity contribution in [2.24, 2.45) is 0 Å². The van der Waals surface area contributed by atoms with E-state index in [-0.39, 0.29) is 0 Å². The smallest absolute Gasteiger partial charge is 0.229 e. The van der Waals surface area contributed by atoms with Gasteiger partial charge in [0.15, 0.2) is 0 Å². The zero-order valence-electron chi connectivity index (χ0n) is 12.6. The third-order valence-corrected chi connectivity index (χ3v) is 3.32. The molecule has 5 nitrogen and oxygen atoms in total. The Morgan fingerprint density at radius 3 is 2.86 bits per heavy atom. The van der Waals surface area contributed by atoms with Crippen molar-refractivity contribution in [1.82, 2.24) is 9.97 Å². The molecule has 0 spiro atoms. The molecule has 3 rings (SSSR count). The van der Waals surface area contributed by atoms with Gasteiger partial charge < -0.3 is 15.1 Å². The molecule has 0 bridgehead atoms. The first kappa shape index (κ1) is 14.1. The molecule has 0 saturated carbocycles. The number of nitrogens with zero attached hydrogens (tertiary/aromatic N) is 2. The maximum atomic E-state index is 5.29. The zero-order valence-corrected chi connectivity index (χ0v) is 12.6. The quantitative estimate of drug-likeness (QED) is 0.743. The van der Waals surface area contributed by atoms with Gasteiger partial charge in [-0.3, -0.25) is 0 Å². The van der Waals surface area contributed by atoms with Crippen LogP contribution in [0.25, 0.3) is 0 Å². The fourth-order valence-electron chi connectivity index (χ4n) is 2.10. The van der Waals surface area contributed by atoms with Crippen LogP contribution < -0.4 is 10.6 Å². The van der Waals surface area contributed by atoms with Crippen LogP contribution in [-0.2, 0) is 6.54 Å². The van der Waals surface area contributed by atoms with Crippen LogP contribution in [0.5, 0.6) is 0 Å². The van der Waals surface area contributed by atoms with Crippen molar-refractivity contribution in [3.8, 4) is 0 Å². The molecule has 2 heterocycles. The highest BCUT2D eigenvalue weighted by atomic mass is 16.3. The molecule has 0 aliphatic carbocycles. The first-order valence-electron chi connectivity index (χ1n) is 7.14. The summed E-state index contributed by atoms with van der Waals surface area (Å²) in [4.78, 5) is 8.73. The second-order valence-electron chi connectivity index (χ2n) is 5.14. The Balaban J connectivity index is 1.72. The summed E-state index contributed by atoms with van der Waals surface area (Å²) in [6, 6.07) is 11.9. The number of anilines is 3. The molecule has 0 atom stereocenters. The molecule has 2 N–H and O–H groups in total. The SMILES string of the molecule is Cc1ccc(C)c(Nc2nccc(NCc3ccco3)n2)c1. The summed E-state index contributed by atoms with van der Waals surface area (Å²) in [5.41, 5.74) is 3.37. The van der Waals surface area contributed by atoms with Crippen molar-refractivity contribution in [2.75, 3.05) is 10.6 Å². The van der Waals surface area contributed by atoms with E-state index in [2.05, 4.69) is 52.6 Å². The topological polar surface area (TPSA) is 63.0 Å².